The molecule has 0 spiro atoms. The molecule has 6 aromatic rings. The van der Waals surface area contributed by atoms with Crippen LogP contribution in [0.15, 0.2) is 226 Å². The lowest BCUT2D eigenvalue weighted by atomic mass is 10.2. The Labute approximate surface area is 481 Å². The van der Waals surface area contributed by atoms with Crippen molar-refractivity contribution < 1.29 is 74.8 Å². The molecule has 0 saturated carbocycles. The molecule has 430 valence electrons. The second kappa shape index (κ2) is 28.0. The summed E-state index contributed by atoms with van der Waals surface area (Å²) in [7, 11) is -14.4. The fourth-order valence-corrected chi connectivity index (χ4v) is 16.2. The van der Waals surface area contributed by atoms with Gasteiger partial charge in [0, 0.05) is 55.7 Å². The number of para-hydroxylation sites is 6. The van der Waals surface area contributed by atoms with E-state index in [2.05, 4.69) is 32.9 Å². The number of benzene rings is 6. The average Bonchev–Trinajstić information content (AvgIpc) is 1.31. The molecule has 0 N–H and O–H groups in total. The molecule has 0 fully saturated rings. The predicted octanol–water partition coefficient (Wildman–Crippen LogP) is 15.4. The molecule has 0 radical (unpaired) electrons. The first-order valence-electron chi connectivity index (χ1n) is 25.3. The number of nitrogens with zero attached hydrogens (tertiary/aromatic N) is 3. The van der Waals surface area contributed by atoms with Crippen molar-refractivity contribution in [3.8, 4) is 34.5 Å². The maximum atomic E-state index is 13.0. The number of hydrogen-bond acceptors (Lipinski definition) is 19. The van der Waals surface area contributed by atoms with E-state index in [1.165, 1.54) is 34.6 Å². The van der Waals surface area contributed by atoms with Crippen LogP contribution < -0.4 is 27.1 Å². The van der Waals surface area contributed by atoms with Gasteiger partial charge in [0.2, 0.25) is 0 Å². The predicted molar refractivity (Wildman–Crippen MR) is 314 cm³/mol. The zero-order chi connectivity index (χ0) is 59.7. The smallest absolute Gasteiger partial charge is 0.457 e. The third kappa shape index (κ3) is 17.0. The standard InChI is InChI=1S/C61H60N3O16P3/c1-41(2)57(65)70-36-46-24-14-19-31-52(46)76-81(75-51-29-12-11-13-30-51)62-82(77-53-32-20-15-25-47(53)37-71-58(66)42(3)4,78-54-33-21-16-26-48(54)38-72-59(67)43(5)6)64-83(63-81,79-55-34-22-17-27-49(55)39-73-60(68)44(7)8)80-56-35-23-18-28-50(56)40-74-61(69)45(9)10/h11-35H,1,3,5,7,9,36-40H2,2,4,6,8,10H3. The maximum absolute atomic E-state index is 13.0. The lowest BCUT2D eigenvalue weighted by Gasteiger charge is -2.34. The van der Waals surface area contributed by atoms with Crippen molar-refractivity contribution in [3.63, 3.8) is 0 Å². The normalized spacial score (nSPS) is 14.4. The molecule has 0 aromatic heterocycles. The molecule has 0 bridgehead atoms. The van der Waals surface area contributed by atoms with E-state index in [0.29, 0.717) is 27.8 Å². The van der Waals surface area contributed by atoms with Gasteiger partial charge < -0.3 is 50.8 Å². The van der Waals surface area contributed by atoms with Gasteiger partial charge in [-0.3, -0.25) is 0 Å². The van der Waals surface area contributed by atoms with Crippen LogP contribution in [0, 0.1) is 0 Å². The second-order valence-electron chi connectivity index (χ2n) is 18.4. The minimum absolute atomic E-state index is 0.0122. The molecule has 22 heteroatoms. The van der Waals surface area contributed by atoms with Crippen LogP contribution in [0.3, 0.4) is 0 Å². The molecule has 1 aliphatic heterocycles. The van der Waals surface area contributed by atoms with E-state index in [1.54, 1.807) is 152 Å². The van der Waals surface area contributed by atoms with Crippen molar-refractivity contribution >= 4 is 52.8 Å². The van der Waals surface area contributed by atoms with Crippen molar-refractivity contribution in [2.75, 3.05) is 0 Å². The number of carbonyl (C=O) groups excluding carboxylic acids is 5. The fraction of sp³-hybridized carbons (Fsp3) is 0.164. The van der Waals surface area contributed by atoms with Gasteiger partial charge in [0.15, 0.2) is 0 Å². The lowest BCUT2D eigenvalue weighted by molar-refractivity contribution is -0.141. The highest BCUT2D eigenvalue weighted by Crippen LogP contribution is 2.79. The van der Waals surface area contributed by atoms with Crippen molar-refractivity contribution in [1.29, 1.82) is 0 Å². The summed E-state index contributed by atoms with van der Waals surface area (Å²) in [5.41, 5.74) is 2.14. The molecule has 1 heterocycles. The van der Waals surface area contributed by atoms with E-state index >= 15 is 0 Å². The van der Waals surface area contributed by atoms with Gasteiger partial charge in [-0.1, -0.05) is 156 Å². The van der Waals surface area contributed by atoms with E-state index in [1.807, 2.05) is 0 Å². The Hall–Kier alpha value is -9.14. The summed E-state index contributed by atoms with van der Waals surface area (Å²) in [6.45, 7) is 24.4. The van der Waals surface area contributed by atoms with Crippen molar-refractivity contribution in [2.45, 2.75) is 67.7 Å². The number of ether oxygens (including phenoxy) is 5. The Kier molecular flexibility index (Phi) is 20.8. The van der Waals surface area contributed by atoms with Crippen molar-refractivity contribution in [1.82, 2.24) is 0 Å². The zero-order valence-corrected chi connectivity index (χ0v) is 48.9. The van der Waals surface area contributed by atoms with Crippen molar-refractivity contribution in [3.05, 3.63) is 240 Å². The quantitative estimate of drug-likeness (QED) is 0.0202. The van der Waals surface area contributed by atoms with Crippen LogP contribution >= 0.6 is 23.0 Å². The Balaban J connectivity index is 1.65. The van der Waals surface area contributed by atoms with Gasteiger partial charge in [-0.25, -0.2) is 24.0 Å². The van der Waals surface area contributed by atoms with Gasteiger partial charge in [-0.2, -0.15) is 0 Å². The van der Waals surface area contributed by atoms with Crippen LogP contribution in [0.25, 0.3) is 0 Å². The van der Waals surface area contributed by atoms with Gasteiger partial charge in [0.05, 0.1) is 0 Å². The lowest BCUT2D eigenvalue weighted by Crippen LogP contribution is -2.14. The average molecular weight is 1180 g/mol. The summed E-state index contributed by atoms with van der Waals surface area (Å²) in [5.74, 6) is -3.23. The summed E-state index contributed by atoms with van der Waals surface area (Å²) in [6, 6.07) is 41.2. The van der Waals surface area contributed by atoms with E-state index in [-0.39, 0.29) is 95.4 Å². The topological polar surface area (TPSA) is 224 Å². The van der Waals surface area contributed by atoms with Crippen LogP contribution in [0.1, 0.15) is 62.4 Å². The fourth-order valence-electron chi connectivity index (χ4n) is 6.91. The number of rotatable bonds is 27. The monoisotopic (exact) mass is 1180 g/mol. The minimum Gasteiger partial charge on any atom is -0.457 e. The molecule has 0 amide bonds. The Morgan fingerprint density at radius 2 is 0.494 bits per heavy atom. The van der Waals surface area contributed by atoms with Crippen LogP contribution in [-0.4, -0.2) is 29.8 Å². The molecule has 1 atom stereocenters. The molecular formula is C61H60N3O16P3. The Morgan fingerprint density at radius 3 is 0.711 bits per heavy atom. The third-order valence-corrected chi connectivity index (χ3v) is 19.2. The van der Waals surface area contributed by atoms with Gasteiger partial charge in [-0.15, -0.1) is 0 Å². The summed E-state index contributed by atoms with van der Waals surface area (Å²) >= 11 is 0. The molecule has 6 aromatic carbocycles. The first-order chi connectivity index (χ1) is 39.7. The van der Waals surface area contributed by atoms with E-state index in [0.717, 1.165) is 0 Å². The summed E-state index contributed by atoms with van der Waals surface area (Å²) in [4.78, 5) is 64.9. The van der Waals surface area contributed by atoms with Gasteiger partial charge >= 0.3 is 52.8 Å². The summed E-state index contributed by atoms with van der Waals surface area (Å²) in [5, 5.41) is 0. The number of esters is 5. The third-order valence-electron chi connectivity index (χ3n) is 11.1. The van der Waals surface area contributed by atoms with E-state index < -0.39 is 52.8 Å². The molecule has 19 nitrogen and oxygen atoms in total. The number of hydrogen-bond donors (Lipinski definition) is 0. The van der Waals surface area contributed by atoms with Gasteiger partial charge in [0.25, 0.3) is 0 Å². The molecular weight excluding hydrogens is 1120 g/mol. The Morgan fingerprint density at radius 1 is 0.301 bits per heavy atom. The summed E-state index contributed by atoms with van der Waals surface area (Å²) in [6.07, 6.45) is 0. The molecule has 1 aliphatic rings. The highest BCUT2D eigenvalue weighted by molar-refractivity contribution is 7.79. The van der Waals surface area contributed by atoms with Crippen molar-refractivity contribution in [2.24, 2.45) is 13.5 Å². The largest absolute Gasteiger partial charge is 0.460 e. The SMILES string of the molecule is C=C(C)C(=O)OCc1ccccc1OP1(Oc2ccccc2)=NP(Oc2ccccc2COC(=O)C(=C)C)(Oc2ccccc2COC(=O)C(=C)C)=NP(Oc2ccccc2COC(=O)C(=C)C)(Oc2ccccc2COC(=O)C(=C)C)=N1. The van der Waals surface area contributed by atoms with Crippen LogP contribution in [0.4, 0.5) is 0 Å². The first kappa shape index (κ1) is 61.5. The van der Waals surface area contributed by atoms with E-state index in [9.17, 15) is 24.0 Å². The van der Waals surface area contributed by atoms with Gasteiger partial charge in [0.1, 0.15) is 67.5 Å². The number of carbonyl (C=O) groups is 5. The highest BCUT2D eigenvalue weighted by Gasteiger charge is 2.50. The summed E-state index contributed by atoms with van der Waals surface area (Å²) < 4.78 is 87.5. The molecule has 7 rings (SSSR count). The maximum Gasteiger partial charge on any atom is 0.460 e. The molecule has 1 unspecified atom stereocenters. The molecule has 0 aliphatic carbocycles. The van der Waals surface area contributed by atoms with E-state index in [4.69, 9.17) is 64.4 Å². The first-order valence-corrected chi connectivity index (χ1v) is 29.9. The van der Waals surface area contributed by atoms with Gasteiger partial charge in [-0.05, 0) is 77.1 Å². The highest BCUT2D eigenvalue weighted by atomic mass is 31.3. The van der Waals surface area contributed by atoms with Crippen LogP contribution in [-0.2, 0) is 80.7 Å². The molecule has 83 heavy (non-hydrogen) atoms. The minimum atomic E-state index is -4.84. The molecule has 0 saturated heterocycles. The Bertz CT molecular complexity index is 3390. The zero-order valence-electron chi connectivity index (χ0n) is 46.2. The van der Waals surface area contributed by atoms with Crippen LogP contribution in [0.2, 0.25) is 0 Å². The van der Waals surface area contributed by atoms with Crippen LogP contribution in [0.5, 0.6) is 34.5 Å². The second-order valence-corrected chi connectivity index (χ2v) is 24.6.